The summed E-state index contributed by atoms with van der Waals surface area (Å²) in [6, 6.07) is 6.58. The third-order valence-electron chi connectivity index (χ3n) is 3.04. The fraction of sp³-hybridized carbons (Fsp3) is 0.500. The Bertz CT molecular complexity index is 328. The van der Waals surface area contributed by atoms with Gasteiger partial charge in [-0.3, -0.25) is 0 Å². The summed E-state index contributed by atoms with van der Waals surface area (Å²) in [5.74, 6) is 0. The lowest BCUT2D eigenvalue weighted by Gasteiger charge is -2.17. The second-order valence-electron chi connectivity index (χ2n) is 4.43. The molecule has 3 N–H and O–H groups in total. The maximum Gasteiger partial charge on any atom is 0.0606 e. The van der Waals surface area contributed by atoms with Gasteiger partial charge < -0.3 is 16.0 Å². The van der Waals surface area contributed by atoms with Crippen LogP contribution in [-0.2, 0) is 0 Å². The number of nitrogen functional groups attached to an aromatic ring is 1. The molecule has 82 valence electrons. The Kier molecular flexibility index (Phi) is 2.82. The summed E-state index contributed by atoms with van der Waals surface area (Å²) in [4.78, 5) is 2.34. The molecule has 0 amide bonds. The van der Waals surface area contributed by atoms with Crippen molar-refractivity contribution in [2.75, 3.05) is 31.2 Å². The standard InChI is InChI=1S/C12H19N3/c1-9-4-3-5-11(13)12(9)14-10-6-7-15(2)8-10/h3-5,10,14H,6-8,13H2,1-2H3. The van der Waals surface area contributed by atoms with Gasteiger partial charge in [-0.05, 0) is 38.6 Å². The number of para-hydroxylation sites is 1. The molecule has 0 saturated carbocycles. The smallest absolute Gasteiger partial charge is 0.0606 e. The number of rotatable bonds is 2. The normalized spacial score (nSPS) is 21.9. The summed E-state index contributed by atoms with van der Waals surface area (Å²) in [6.45, 7) is 4.37. The molecule has 0 aliphatic carbocycles. The summed E-state index contributed by atoms with van der Waals surface area (Å²) in [7, 11) is 2.16. The van der Waals surface area contributed by atoms with Crippen molar-refractivity contribution in [3.05, 3.63) is 23.8 Å². The zero-order chi connectivity index (χ0) is 10.8. The highest BCUT2D eigenvalue weighted by Gasteiger charge is 2.19. The summed E-state index contributed by atoms with van der Waals surface area (Å²) >= 11 is 0. The van der Waals surface area contributed by atoms with Gasteiger partial charge in [0.2, 0.25) is 0 Å². The van der Waals surface area contributed by atoms with Gasteiger partial charge in [-0.2, -0.15) is 0 Å². The van der Waals surface area contributed by atoms with E-state index in [1.54, 1.807) is 0 Å². The van der Waals surface area contributed by atoms with Gasteiger partial charge in [0.05, 0.1) is 11.4 Å². The molecule has 1 aliphatic heterocycles. The number of anilines is 2. The van der Waals surface area contributed by atoms with Crippen LogP contribution in [0.4, 0.5) is 11.4 Å². The number of nitrogens with zero attached hydrogens (tertiary/aromatic N) is 1. The summed E-state index contributed by atoms with van der Waals surface area (Å²) in [6.07, 6.45) is 1.20. The first-order valence-corrected chi connectivity index (χ1v) is 5.47. The van der Waals surface area contributed by atoms with Crippen molar-refractivity contribution in [3.8, 4) is 0 Å². The van der Waals surface area contributed by atoms with Crippen LogP contribution < -0.4 is 11.1 Å². The number of aryl methyl sites for hydroxylation is 1. The Labute approximate surface area is 91.3 Å². The van der Waals surface area contributed by atoms with Crippen LogP contribution >= 0.6 is 0 Å². The Balaban J connectivity index is 2.10. The summed E-state index contributed by atoms with van der Waals surface area (Å²) in [5.41, 5.74) is 9.14. The molecule has 3 nitrogen and oxygen atoms in total. The zero-order valence-corrected chi connectivity index (χ0v) is 9.46. The molecule has 0 radical (unpaired) electrons. The fourth-order valence-electron chi connectivity index (χ4n) is 2.14. The highest BCUT2D eigenvalue weighted by Crippen LogP contribution is 2.25. The Morgan fingerprint density at radius 1 is 1.47 bits per heavy atom. The van der Waals surface area contributed by atoms with E-state index in [0.29, 0.717) is 6.04 Å². The largest absolute Gasteiger partial charge is 0.397 e. The lowest BCUT2D eigenvalue weighted by Crippen LogP contribution is -2.24. The Hall–Kier alpha value is -1.22. The van der Waals surface area contributed by atoms with E-state index in [1.165, 1.54) is 18.5 Å². The van der Waals surface area contributed by atoms with E-state index in [2.05, 4.69) is 30.3 Å². The van der Waals surface area contributed by atoms with Crippen molar-refractivity contribution in [2.45, 2.75) is 19.4 Å². The molecular formula is C12H19N3. The number of nitrogens with one attached hydrogen (secondary N) is 1. The van der Waals surface area contributed by atoms with E-state index in [4.69, 9.17) is 5.73 Å². The first kappa shape index (κ1) is 10.3. The van der Waals surface area contributed by atoms with Gasteiger partial charge in [-0.15, -0.1) is 0 Å². The van der Waals surface area contributed by atoms with E-state index in [0.717, 1.165) is 17.9 Å². The molecule has 0 aromatic heterocycles. The highest BCUT2D eigenvalue weighted by atomic mass is 15.2. The Morgan fingerprint density at radius 3 is 2.87 bits per heavy atom. The lowest BCUT2D eigenvalue weighted by atomic mass is 10.1. The number of benzene rings is 1. The van der Waals surface area contributed by atoms with Crippen LogP contribution in [0.2, 0.25) is 0 Å². The molecule has 1 heterocycles. The van der Waals surface area contributed by atoms with Crippen LogP contribution in [-0.4, -0.2) is 31.1 Å². The average molecular weight is 205 g/mol. The van der Waals surface area contributed by atoms with Crippen LogP contribution in [0.25, 0.3) is 0 Å². The molecule has 15 heavy (non-hydrogen) atoms. The molecule has 1 atom stereocenters. The molecule has 1 saturated heterocycles. The van der Waals surface area contributed by atoms with E-state index in [9.17, 15) is 0 Å². The van der Waals surface area contributed by atoms with Crippen molar-refractivity contribution in [1.29, 1.82) is 0 Å². The van der Waals surface area contributed by atoms with Gasteiger partial charge in [0.1, 0.15) is 0 Å². The Morgan fingerprint density at radius 2 is 2.27 bits per heavy atom. The van der Waals surface area contributed by atoms with Gasteiger partial charge in [0.25, 0.3) is 0 Å². The van der Waals surface area contributed by atoms with E-state index in [-0.39, 0.29) is 0 Å². The van der Waals surface area contributed by atoms with Gasteiger partial charge in [-0.1, -0.05) is 12.1 Å². The third-order valence-corrected chi connectivity index (χ3v) is 3.04. The molecule has 2 rings (SSSR count). The monoisotopic (exact) mass is 205 g/mol. The topological polar surface area (TPSA) is 41.3 Å². The first-order chi connectivity index (χ1) is 7.16. The molecule has 0 bridgehead atoms. The second-order valence-corrected chi connectivity index (χ2v) is 4.43. The lowest BCUT2D eigenvalue weighted by molar-refractivity contribution is 0.414. The fourth-order valence-corrected chi connectivity index (χ4v) is 2.14. The number of likely N-dealkylation sites (tertiary alicyclic amines) is 1. The van der Waals surface area contributed by atoms with Crippen LogP contribution in [0.3, 0.4) is 0 Å². The molecule has 1 aliphatic rings. The molecule has 1 aromatic carbocycles. The average Bonchev–Trinajstić information content (AvgIpc) is 2.58. The number of hydrogen-bond donors (Lipinski definition) is 2. The quantitative estimate of drug-likeness (QED) is 0.722. The summed E-state index contributed by atoms with van der Waals surface area (Å²) in [5, 5.41) is 3.54. The minimum Gasteiger partial charge on any atom is -0.397 e. The zero-order valence-electron chi connectivity index (χ0n) is 9.46. The maximum absolute atomic E-state index is 5.96. The maximum atomic E-state index is 5.96. The van der Waals surface area contributed by atoms with Crippen LogP contribution in [0, 0.1) is 6.92 Å². The molecule has 3 heteroatoms. The molecular weight excluding hydrogens is 186 g/mol. The predicted octanol–water partition coefficient (Wildman–Crippen LogP) is 1.69. The predicted molar refractivity (Wildman–Crippen MR) is 65.1 cm³/mol. The molecule has 0 spiro atoms. The van der Waals surface area contributed by atoms with E-state index in [1.807, 2.05) is 12.1 Å². The van der Waals surface area contributed by atoms with Gasteiger partial charge in [0.15, 0.2) is 0 Å². The van der Waals surface area contributed by atoms with Crippen LogP contribution in [0.1, 0.15) is 12.0 Å². The minimum absolute atomic E-state index is 0.540. The number of nitrogens with two attached hydrogens (primary N) is 1. The molecule has 1 aromatic rings. The third kappa shape index (κ3) is 2.23. The van der Waals surface area contributed by atoms with Gasteiger partial charge in [0, 0.05) is 12.6 Å². The van der Waals surface area contributed by atoms with E-state index >= 15 is 0 Å². The molecule has 1 unspecified atom stereocenters. The van der Waals surface area contributed by atoms with Crippen molar-refractivity contribution >= 4 is 11.4 Å². The van der Waals surface area contributed by atoms with Crippen LogP contribution in [0.5, 0.6) is 0 Å². The van der Waals surface area contributed by atoms with Crippen molar-refractivity contribution in [3.63, 3.8) is 0 Å². The van der Waals surface area contributed by atoms with Crippen LogP contribution in [0.15, 0.2) is 18.2 Å². The van der Waals surface area contributed by atoms with Crippen molar-refractivity contribution in [1.82, 2.24) is 4.90 Å². The van der Waals surface area contributed by atoms with Gasteiger partial charge >= 0.3 is 0 Å². The first-order valence-electron chi connectivity index (χ1n) is 5.47. The summed E-state index contributed by atoms with van der Waals surface area (Å²) < 4.78 is 0. The SMILES string of the molecule is Cc1cccc(N)c1NC1CCN(C)C1. The van der Waals surface area contributed by atoms with E-state index < -0.39 is 0 Å². The van der Waals surface area contributed by atoms with Crippen molar-refractivity contribution < 1.29 is 0 Å². The highest BCUT2D eigenvalue weighted by molar-refractivity contribution is 5.70. The van der Waals surface area contributed by atoms with Gasteiger partial charge in [-0.25, -0.2) is 0 Å². The second kappa shape index (κ2) is 4.11. The van der Waals surface area contributed by atoms with Crippen molar-refractivity contribution in [2.24, 2.45) is 0 Å². The number of hydrogen-bond acceptors (Lipinski definition) is 3. The molecule has 1 fully saturated rings. The number of likely N-dealkylation sites (N-methyl/N-ethyl adjacent to an activating group) is 1. The minimum atomic E-state index is 0.540.